The third-order valence-corrected chi connectivity index (χ3v) is 3.49. The van der Waals surface area contributed by atoms with E-state index in [-0.39, 0.29) is 5.65 Å². The monoisotopic (exact) mass is 296 g/mol. The first-order valence-electron chi connectivity index (χ1n) is 5.58. The maximum Gasteiger partial charge on any atom is 0.299 e. The number of hydrogen-bond acceptors (Lipinski definition) is 4. The second kappa shape index (κ2) is 5.12. The molecule has 0 saturated carbocycles. The topological polar surface area (TPSA) is 43.1 Å². The fourth-order valence-corrected chi connectivity index (χ4v) is 2.42. The Kier molecular flexibility index (Phi) is 3.31. The summed E-state index contributed by atoms with van der Waals surface area (Å²) in [5.41, 5.74) is 0.221. The average molecular weight is 296 g/mol. The minimum absolute atomic E-state index is 0.221. The molecule has 0 saturated heterocycles. The molecule has 2 heterocycles. The molecule has 1 aromatic carbocycles. The number of halogens is 3. The van der Waals surface area contributed by atoms with Crippen LogP contribution in [0, 0.1) is 5.82 Å². The molecule has 0 radical (unpaired) electrons. The minimum Gasteiger partial charge on any atom is -0.206 e. The maximum atomic E-state index is 13.5. The summed E-state index contributed by atoms with van der Waals surface area (Å²) in [4.78, 5) is 0.367. The Labute approximate surface area is 115 Å². The molecular weight excluding hydrogens is 289 g/mol. The van der Waals surface area contributed by atoms with Crippen molar-refractivity contribution >= 4 is 17.4 Å². The Hall–Kier alpha value is -2.09. The van der Waals surface area contributed by atoms with Crippen molar-refractivity contribution in [2.45, 2.75) is 16.3 Å². The van der Waals surface area contributed by atoms with Gasteiger partial charge in [-0.1, -0.05) is 23.9 Å². The van der Waals surface area contributed by atoms with Gasteiger partial charge in [0.1, 0.15) is 10.8 Å². The molecule has 0 N–H and O–H groups in total. The normalized spacial score (nSPS) is 11.4. The Morgan fingerprint density at radius 3 is 2.60 bits per heavy atom. The zero-order chi connectivity index (χ0) is 14.1. The molecule has 0 unspecified atom stereocenters. The van der Waals surface area contributed by atoms with Crippen LogP contribution in [0.25, 0.3) is 5.65 Å². The number of benzene rings is 1. The Morgan fingerprint density at radius 1 is 1.05 bits per heavy atom. The molecule has 0 amide bonds. The van der Waals surface area contributed by atoms with Crippen LogP contribution >= 0.6 is 11.8 Å². The predicted molar refractivity (Wildman–Crippen MR) is 66.3 cm³/mol. The lowest BCUT2D eigenvalue weighted by atomic mass is 10.3. The summed E-state index contributed by atoms with van der Waals surface area (Å²) >= 11 is 1.05. The molecule has 0 fully saturated rings. The van der Waals surface area contributed by atoms with E-state index in [4.69, 9.17) is 0 Å². The highest BCUT2D eigenvalue weighted by atomic mass is 32.2. The third kappa shape index (κ3) is 2.34. The van der Waals surface area contributed by atoms with Crippen LogP contribution in [0.4, 0.5) is 13.2 Å². The van der Waals surface area contributed by atoms with Crippen LogP contribution in [0.15, 0.2) is 46.3 Å². The van der Waals surface area contributed by atoms with E-state index in [2.05, 4.69) is 15.3 Å². The van der Waals surface area contributed by atoms with Gasteiger partial charge in [-0.3, -0.25) is 0 Å². The molecule has 8 heteroatoms. The lowest BCUT2D eigenvalue weighted by molar-refractivity contribution is 0.137. The predicted octanol–water partition coefficient (Wildman–Crippen LogP) is 3.35. The highest BCUT2D eigenvalue weighted by molar-refractivity contribution is 7.99. The average Bonchev–Trinajstić information content (AvgIpc) is 2.84. The highest BCUT2D eigenvalue weighted by Crippen LogP contribution is 2.28. The lowest BCUT2D eigenvalue weighted by Crippen LogP contribution is -2.00. The molecule has 20 heavy (non-hydrogen) atoms. The quantitative estimate of drug-likeness (QED) is 0.743. The zero-order valence-corrected chi connectivity index (χ0v) is 10.7. The zero-order valence-electron chi connectivity index (χ0n) is 9.87. The molecule has 2 aromatic heterocycles. The van der Waals surface area contributed by atoms with Crippen LogP contribution in [-0.2, 0) is 0 Å². The molecule has 3 rings (SSSR count). The molecule has 0 atom stereocenters. The van der Waals surface area contributed by atoms with E-state index in [9.17, 15) is 13.2 Å². The van der Waals surface area contributed by atoms with Crippen molar-refractivity contribution in [3.63, 3.8) is 0 Å². The van der Waals surface area contributed by atoms with Gasteiger partial charge < -0.3 is 0 Å². The second-order valence-electron chi connectivity index (χ2n) is 3.83. The van der Waals surface area contributed by atoms with Gasteiger partial charge in [-0.15, -0.1) is 10.2 Å². The number of hydrogen-bond donors (Lipinski definition) is 0. The first-order valence-corrected chi connectivity index (χ1v) is 6.39. The number of rotatable bonds is 3. The van der Waals surface area contributed by atoms with E-state index in [1.54, 1.807) is 24.3 Å². The maximum absolute atomic E-state index is 13.5. The molecule has 3 aromatic rings. The lowest BCUT2D eigenvalue weighted by Gasteiger charge is -2.03. The van der Waals surface area contributed by atoms with Gasteiger partial charge in [0.2, 0.25) is 5.82 Å². The first-order chi connectivity index (χ1) is 9.65. The summed E-state index contributed by atoms with van der Waals surface area (Å²) in [7, 11) is 0. The highest BCUT2D eigenvalue weighted by Gasteiger charge is 2.17. The van der Waals surface area contributed by atoms with Gasteiger partial charge in [0.25, 0.3) is 6.43 Å². The van der Waals surface area contributed by atoms with Crippen molar-refractivity contribution in [2.24, 2.45) is 0 Å². The molecule has 0 bridgehead atoms. The van der Waals surface area contributed by atoms with Crippen LogP contribution in [-0.4, -0.2) is 19.8 Å². The van der Waals surface area contributed by atoms with E-state index in [1.807, 2.05) is 0 Å². The third-order valence-electron chi connectivity index (χ3n) is 2.51. The fourth-order valence-electron chi connectivity index (χ4n) is 1.62. The number of nitrogens with zero attached hydrogens (tertiary/aromatic N) is 4. The van der Waals surface area contributed by atoms with Gasteiger partial charge in [-0.05, 0) is 24.3 Å². The van der Waals surface area contributed by atoms with Crippen molar-refractivity contribution in [2.75, 3.05) is 0 Å². The van der Waals surface area contributed by atoms with Gasteiger partial charge >= 0.3 is 0 Å². The van der Waals surface area contributed by atoms with E-state index in [0.29, 0.717) is 9.92 Å². The molecule has 0 aliphatic carbocycles. The smallest absolute Gasteiger partial charge is 0.206 e. The molecule has 0 spiro atoms. The van der Waals surface area contributed by atoms with Crippen LogP contribution in [0.2, 0.25) is 0 Å². The van der Waals surface area contributed by atoms with Crippen LogP contribution < -0.4 is 0 Å². The Balaban J connectivity index is 2.00. The largest absolute Gasteiger partial charge is 0.299 e. The van der Waals surface area contributed by atoms with Crippen LogP contribution in [0.1, 0.15) is 12.2 Å². The summed E-state index contributed by atoms with van der Waals surface area (Å²) < 4.78 is 39.9. The van der Waals surface area contributed by atoms with Gasteiger partial charge in [0, 0.05) is 4.90 Å². The van der Waals surface area contributed by atoms with E-state index < -0.39 is 18.1 Å². The molecular formula is C12H7F3N4S. The van der Waals surface area contributed by atoms with E-state index in [1.165, 1.54) is 12.1 Å². The van der Waals surface area contributed by atoms with Crippen LogP contribution in [0.3, 0.4) is 0 Å². The van der Waals surface area contributed by atoms with Crippen molar-refractivity contribution < 1.29 is 13.2 Å². The Bertz CT molecular complexity index is 759. The molecule has 0 aliphatic rings. The Morgan fingerprint density at radius 2 is 1.85 bits per heavy atom. The summed E-state index contributed by atoms with van der Waals surface area (Å²) in [5.74, 6) is -0.923. The van der Waals surface area contributed by atoms with Gasteiger partial charge in [-0.2, -0.15) is 9.61 Å². The second-order valence-corrected chi connectivity index (χ2v) is 4.90. The van der Waals surface area contributed by atoms with Crippen molar-refractivity contribution in [3.8, 4) is 0 Å². The van der Waals surface area contributed by atoms with Gasteiger partial charge in [0.05, 0.1) is 0 Å². The molecule has 4 nitrogen and oxygen atoms in total. The fraction of sp³-hybridized carbons (Fsp3) is 0.0833. The van der Waals surface area contributed by atoms with Crippen molar-refractivity contribution in [1.29, 1.82) is 0 Å². The summed E-state index contributed by atoms with van der Waals surface area (Å²) in [5, 5.41) is 11.4. The summed E-state index contributed by atoms with van der Waals surface area (Å²) in [6.07, 6.45) is -2.77. The van der Waals surface area contributed by atoms with E-state index >= 15 is 0 Å². The number of alkyl halides is 2. The summed E-state index contributed by atoms with van der Waals surface area (Å²) in [6.45, 7) is 0. The minimum atomic E-state index is -2.77. The molecule has 102 valence electrons. The molecule has 0 aliphatic heterocycles. The first kappa shape index (κ1) is 12.9. The number of fused-ring (bicyclic) bond motifs is 1. The van der Waals surface area contributed by atoms with Gasteiger partial charge in [-0.25, -0.2) is 13.2 Å². The SMILES string of the molecule is Fc1ccccc1Sc1ccc2nnc(C(F)F)n2n1. The summed E-state index contributed by atoms with van der Waals surface area (Å²) in [6, 6.07) is 9.26. The van der Waals surface area contributed by atoms with Crippen molar-refractivity contribution in [1.82, 2.24) is 19.8 Å². The standard InChI is InChI=1S/C12H7F3N4S/c13-7-3-1-2-4-8(7)20-10-6-5-9-16-17-12(11(14)15)19(9)18-10/h1-6,11H. The van der Waals surface area contributed by atoms with Crippen molar-refractivity contribution in [3.05, 3.63) is 48.0 Å². The van der Waals surface area contributed by atoms with Gasteiger partial charge in [0.15, 0.2) is 5.65 Å². The van der Waals surface area contributed by atoms with E-state index in [0.717, 1.165) is 16.3 Å². The van der Waals surface area contributed by atoms with Crippen LogP contribution in [0.5, 0.6) is 0 Å². The number of aromatic nitrogens is 4.